The lowest BCUT2D eigenvalue weighted by Crippen LogP contribution is -2.31. The first-order valence-corrected chi connectivity index (χ1v) is 9.08. The first-order valence-electron chi connectivity index (χ1n) is 7.82. The standard InChI is InChI=1S/C17H22ClN3OS/c1-2-3-4-9-21(11-13-5-7-14(18)8-6-13)17(22)15-12-23-16(10-19)20-15/h5-8,12H,2-4,9-11,19H2,1H3. The van der Waals surface area contributed by atoms with Crippen molar-refractivity contribution in [2.75, 3.05) is 6.54 Å². The molecule has 6 heteroatoms. The van der Waals surface area contributed by atoms with Crippen molar-refractivity contribution in [2.24, 2.45) is 5.73 Å². The number of benzene rings is 1. The average Bonchev–Trinajstić information content (AvgIpc) is 3.04. The molecule has 0 radical (unpaired) electrons. The zero-order valence-electron chi connectivity index (χ0n) is 13.3. The van der Waals surface area contributed by atoms with Crippen LogP contribution in [0.3, 0.4) is 0 Å². The van der Waals surface area contributed by atoms with Crippen molar-refractivity contribution in [3.8, 4) is 0 Å². The van der Waals surface area contributed by atoms with Crippen LogP contribution in [0, 0.1) is 0 Å². The van der Waals surface area contributed by atoms with Crippen LogP contribution in [-0.2, 0) is 13.1 Å². The van der Waals surface area contributed by atoms with Gasteiger partial charge in [-0.3, -0.25) is 4.79 Å². The van der Waals surface area contributed by atoms with Crippen LogP contribution in [-0.4, -0.2) is 22.3 Å². The maximum atomic E-state index is 12.7. The van der Waals surface area contributed by atoms with Crippen LogP contribution in [0.15, 0.2) is 29.6 Å². The van der Waals surface area contributed by atoms with Crippen molar-refractivity contribution in [1.29, 1.82) is 0 Å². The van der Waals surface area contributed by atoms with Crippen molar-refractivity contribution in [3.63, 3.8) is 0 Å². The molecule has 2 aromatic rings. The minimum atomic E-state index is -0.0352. The molecule has 0 unspecified atom stereocenters. The van der Waals surface area contributed by atoms with E-state index in [9.17, 15) is 4.79 Å². The summed E-state index contributed by atoms with van der Waals surface area (Å²) in [4.78, 5) is 18.9. The zero-order chi connectivity index (χ0) is 16.7. The molecule has 0 spiro atoms. The summed E-state index contributed by atoms with van der Waals surface area (Å²) in [6.45, 7) is 3.81. The van der Waals surface area contributed by atoms with Crippen LogP contribution in [0.2, 0.25) is 5.02 Å². The highest BCUT2D eigenvalue weighted by Gasteiger charge is 2.18. The Morgan fingerprint density at radius 2 is 2.04 bits per heavy atom. The molecule has 0 bridgehead atoms. The van der Waals surface area contributed by atoms with Crippen LogP contribution >= 0.6 is 22.9 Å². The summed E-state index contributed by atoms with van der Waals surface area (Å²) in [5.74, 6) is -0.0352. The van der Waals surface area contributed by atoms with E-state index in [4.69, 9.17) is 17.3 Å². The van der Waals surface area contributed by atoms with Crippen molar-refractivity contribution >= 4 is 28.8 Å². The Kier molecular flexibility index (Phi) is 7.02. The Hall–Kier alpha value is -1.43. The SMILES string of the molecule is CCCCCN(Cc1ccc(Cl)cc1)C(=O)c1csc(CN)n1. The van der Waals surface area contributed by atoms with Gasteiger partial charge in [-0.25, -0.2) is 4.98 Å². The molecule has 4 nitrogen and oxygen atoms in total. The third-order valence-corrected chi connectivity index (χ3v) is 4.67. The number of unbranched alkanes of at least 4 members (excludes halogenated alkanes) is 2. The number of aromatic nitrogens is 1. The number of carbonyl (C=O) groups excluding carboxylic acids is 1. The van der Waals surface area contributed by atoms with Crippen LogP contribution in [0.5, 0.6) is 0 Å². The molecule has 0 fully saturated rings. The van der Waals surface area contributed by atoms with E-state index in [0.717, 1.165) is 36.4 Å². The van der Waals surface area contributed by atoms with Crippen molar-refractivity contribution in [2.45, 2.75) is 39.3 Å². The lowest BCUT2D eigenvalue weighted by Gasteiger charge is -2.22. The summed E-state index contributed by atoms with van der Waals surface area (Å²) in [6, 6.07) is 7.60. The largest absolute Gasteiger partial charge is 0.333 e. The number of nitrogens with zero attached hydrogens (tertiary/aromatic N) is 2. The van der Waals surface area contributed by atoms with E-state index >= 15 is 0 Å². The van der Waals surface area contributed by atoms with Crippen molar-refractivity contribution in [3.05, 3.63) is 50.9 Å². The summed E-state index contributed by atoms with van der Waals surface area (Å²) >= 11 is 7.36. The van der Waals surface area contributed by atoms with Crippen LogP contribution in [0.25, 0.3) is 0 Å². The molecular weight excluding hydrogens is 330 g/mol. The lowest BCUT2D eigenvalue weighted by atomic mass is 10.2. The second-order valence-electron chi connectivity index (χ2n) is 5.39. The minimum absolute atomic E-state index is 0.0352. The molecule has 2 N–H and O–H groups in total. The maximum absolute atomic E-state index is 12.7. The molecule has 1 amide bonds. The zero-order valence-corrected chi connectivity index (χ0v) is 14.9. The van der Waals surface area contributed by atoms with E-state index in [1.54, 1.807) is 5.38 Å². The van der Waals surface area contributed by atoms with Gasteiger partial charge in [-0.1, -0.05) is 43.5 Å². The number of halogens is 1. The molecule has 1 aromatic carbocycles. The summed E-state index contributed by atoms with van der Waals surface area (Å²) in [5, 5.41) is 3.28. The van der Waals surface area contributed by atoms with Gasteiger partial charge < -0.3 is 10.6 Å². The molecule has 0 saturated carbocycles. The van der Waals surface area contributed by atoms with Gasteiger partial charge in [-0.15, -0.1) is 11.3 Å². The number of hydrogen-bond donors (Lipinski definition) is 1. The predicted octanol–water partition coefficient (Wildman–Crippen LogP) is 4.09. The summed E-state index contributed by atoms with van der Waals surface area (Å²) in [6.07, 6.45) is 3.22. The molecule has 0 atom stereocenters. The van der Waals surface area contributed by atoms with Gasteiger partial charge in [0.1, 0.15) is 10.7 Å². The minimum Gasteiger partial charge on any atom is -0.333 e. The lowest BCUT2D eigenvalue weighted by molar-refractivity contribution is 0.0734. The van der Waals surface area contributed by atoms with E-state index in [1.807, 2.05) is 29.2 Å². The number of nitrogens with two attached hydrogens (primary N) is 1. The van der Waals surface area contributed by atoms with E-state index in [0.29, 0.717) is 23.8 Å². The first kappa shape index (κ1) is 17.9. The summed E-state index contributed by atoms with van der Waals surface area (Å²) in [5.41, 5.74) is 7.14. The molecule has 124 valence electrons. The van der Waals surface area contributed by atoms with Gasteiger partial charge >= 0.3 is 0 Å². The van der Waals surface area contributed by atoms with Gasteiger partial charge in [0.05, 0.1) is 0 Å². The average molecular weight is 352 g/mol. The Balaban J connectivity index is 2.11. The predicted molar refractivity (Wildman–Crippen MR) is 95.7 cm³/mol. The third kappa shape index (κ3) is 5.30. The highest BCUT2D eigenvalue weighted by molar-refractivity contribution is 7.09. The highest BCUT2D eigenvalue weighted by Crippen LogP contribution is 2.16. The molecule has 0 aliphatic heterocycles. The second-order valence-corrected chi connectivity index (χ2v) is 6.77. The van der Waals surface area contributed by atoms with Crippen molar-refractivity contribution in [1.82, 2.24) is 9.88 Å². The fraction of sp³-hybridized carbons (Fsp3) is 0.412. The van der Waals surface area contributed by atoms with Gasteiger partial charge in [-0.2, -0.15) is 0 Å². The van der Waals surface area contributed by atoms with Gasteiger partial charge in [-0.05, 0) is 24.1 Å². The summed E-state index contributed by atoms with van der Waals surface area (Å²) < 4.78 is 0. The third-order valence-electron chi connectivity index (χ3n) is 3.55. The quantitative estimate of drug-likeness (QED) is 0.729. The van der Waals surface area contributed by atoms with Gasteiger partial charge in [0.15, 0.2) is 0 Å². The summed E-state index contributed by atoms with van der Waals surface area (Å²) in [7, 11) is 0. The molecule has 0 saturated heterocycles. The van der Waals surface area contributed by atoms with Crippen LogP contribution in [0.1, 0.15) is 47.2 Å². The molecule has 1 aromatic heterocycles. The topological polar surface area (TPSA) is 59.2 Å². The fourth-order valence-electron chi connectivity index (χ4n) is 2.28. The maximum Gasteiger partial charge on any atom is 0.273 e. The Bertz CT molecular complexity index is 627. The number of thiazole rings is 1. The number of rotatable bonds is 8. The molecule has 2 rings (SSSR count). The molecule has 23 heavy (non-hydrogen) atoms. The van der Waals surface area contributed by atoms with Gasteiger partial charge in [0.25, 0.3) is 5.91 Å². The van der Waals surface area contributed by atoms with Crippen LogP contribution in [0.4, 0.5) is 0 Å². The molecule has 0 aliphatic rings. The Labute approximate surface area is 146 Å². The van der Waals surface area contributed by atoms with Gasteiger partial charge in [0, 0.05) is 30.0 Å². The van der Waals surface area contributed by atoms with E-state index in [-0.39, 0.29) is 5.91 Å². The molecular formula is C17H22ClN3OS. The van der Waals surface area contributed by atoms with E-state index < -0.39 is 0 Å². The number of amides is 1. The smallest absolute Gasteiger partial charge is 0.273 e. The van der Waals surface area contributed by atoms with E-state index in [1.165, 1.54) is 11.3 Å². The molecule has 1 heterocycles. The first-order chi connectivity index (χ1) is 11.1. The Morgan fingerprint density at radius 3 is 2.65 bits per heavy atom. The van der Waals surface area contributed by atoms with E-state index in [2.05, 4.69) is 11.9 Å². The molecule has 0 aliphatic carbocycles. The van der Waals surface area contributed by atoms with Crippen LogP contribution < -0.4 is 5.73 Å². The number of carbonyl (C=O) groups is 1. The fourth-order valence-corrected chi connectivity index (χ4v) is 3.05. The highest BCUT2D eigenvalue weighted by atomic mass is 35.5. The van der Waals surface area contributed by atoms with Crippen molar-refractivity contribution < 1.29 is 4.79 Å². The normalized spacial score (nSPS) is 10.7. The number of hydrogen-bond acceptors (Lipinski definition) is 4. The second kappa shape index (κ2) is 9.01. The monoisotopic (exact) mass is 351 g/mol. The Morgan fingerprint density at radius 1 is 1.30 bits per heavy atom. The van der Waals surface area contributed by atoms with Gasteiger partial charge in [0.2, 0.25) is 0 Å².